The first-order valence-electron chi connectivity index (χ1n) is 5.79. The average molecular weight is 196 g/mol. The van der Waals surface area contributed by atoms with E-state index in [1.165, 1.54) is 18.4 Å². The molecular formula is C13H24O. The zero-order valence-corrected chi connectivity index (χ0v) is 10.0. The molecule has 0 radical (unpaired) electrons. The number of hydrogen-bond acceptors (Lipinski definition) is 1. The molecule has 0 bridgehead atoms. The van der Waals surface area contributed by atoms with Crippen molar-refractivity contribution in [3.05, 3.63) is 11.6 Å². The Balaban J connectivity index is 2.57. The Kier molecular flexibility index (Phi) is 3.77. The summed E-state index contributed by atoms with van der Waals surface area (Å²) in [7, 11) is 0. The first-order chi connectivity index (χ1) is 6.44. The normalized spacial score (nSPS) is 35.2. The number of rotatable bonds is 3. The summed E-state index contributed by atoms with van der Waals surface area (Å²) in [5.41, 5.74) is 1.95. The predicted octanol–water partition coefficient (Wildman–Crippen LogP) is 3.53. The van der Waals surface area contributed by atoms with Gasteiger partial charge < -0.3 is 5.11 Å². The first kappa shape index (κ1) is 11.8. The molecule has 0 heterocycles. The average Bonchev–Trinajstić information content (AvgIpc) is 2.09. The topological polar surface area (TPSA) is 20.2 Å². The molecule has 3 atom stereocenters. The second-order valence-corrected chi connectivity index (χ2v) is 5.34. The molecule has 0 spiro atoms. The summed E-state index contributed by atoms with van der Waals surface area (Å²) in [6.45, 7) is 8.79. The molecule has 0 saturated carbocycles. The molecular weight excluding hydrogens is 172 g/mol. The lowest BCUT2D eigenvalue weighted by molar-refractivity contribution is 0.125. The second kappa shape index (κ2) is 4.48. The lowest BCUT2D eigenvalue weighted by Gasteiger charge is -2.38. The van der Waals surface area contributed by atoms with Crippen molar-refractivity contribution in [2.24, 2.45) is 11.3 Å². The Morgan fingerprint density at radius 1 is 1.64 bits per heavy atom. The van der Waals surface area contributed by atoms with Gasteiger partial charge in [0.1, 0.15) is 0 Å². The van der Waals surface area contributed by atoms with Crippen molar-refractivity contribution < 1.29 is 5.11 Å². The predicted molar refractivity (Wildman–Crippen MR) is 61.2 cm³/mol. The molecule has 0 saturated heterocycles. The van der Waals surface area contributed by atoms with Gasteiger partial charge in [0.15, 0.2) is 0 Å². The molecule has 0 unspecified atom stereocenters. The molecule has 82 valence electrons. The van der Waals surface area contributed by atoms with Crippen molar-refractivity contribution in [3.63, 3.8) is 0 Å². The van der Waals surface area contributed by atoms with E-state index in [9.17, 15) is 5.11 Å². The molecule has 1 rings (SSSR count). The van der Waals surface area contributed by atoms with Gasteiger partial charge in [-0.3, -0.25) is 0 Å². The van der Waals surface area contributed by atoms with Gasteiger partial charge in [-0.2, -0.15) is 0 Å². The van der Waals surface area contributed by atoms with Crippen LogP contribution >= 0.6 is 0 Å². The van der Waals surface area contributed by atoms with Crippen LogP contribution in [0.1, 0.15) is 53.4 Å². The Hall–Kier alpha value is -0.300. The lowest BCUT2D eigenvalue weighted by atomic mass is 9.67. The third-order valence-electron chi connectivity index (χ3n) is 3.86. The Bertz CT molecular complexity index is 217. The van der Waals surface area contributed by atoms with Crippen LogP contribution in [-0.2, 0) is 0 Å². The molecule has 14 heavy (non-hydrogen) atoms. The summed E-state index contributed by atoms with van der Waals surface area (Å²) in [5, 5.41) is 9.32. The van der Waals surface area contributed by atoms with Gasteiger partial charge in [0.25, 0.3) is 0 Å². The Morgan fingerprint density at radius 2 is 2.29 bits per heavy atom. The fourth-order valence-electron chi connectivity index (χ4n) is 2.31. The van der Waals surface area contributed by atoms with Gasteiger partial charge in [0.2, 0.25) is 0 Å². The van der Waals surface area contributed by atoms with Gasteiger partial charge in [0, 0.05) is 0 Å². The van der Waals surface area contributed by atoms with E-state index >= 15 is 0 Å². The zero-order valence-electron chi connectivity index (χ0n) is 10.0. The maximum atomic E-state index is 9.32. The van der Waals surface area contributed by atoms with Gasteiger partial charge in [-0.15, -0.1) is 0 Å². The minimum absolute atomic E-state index is 0.147. The third-order valence-corrected chi connectivity index (χ3v) is 3.86. The van der Waals surface area contributed by atoms with Crippen LogP contribution in [0.25, 0.3) is 0 Å². The van der Waals surface area contributed by atoms with Crippen molar-refractivity contribution in [1.29, 1.82) is 0 Å². The SMILES string of the molecule is CC1=C[C@@H](C)[C@](C)(CC[C@@H](C)O)CC1. The van der Waals surface area contributed by atoms with E-state index in [-0.39, 0.29) is 6.10 Å². The van der Waals surface area contributed by atoms with Gasteiger partial charge in [-0.1, -0.05) is 25.5 Å². The van der Waals surface area contributed by atoms with E-state index in [1.54, 1.807) is 0 Å². The smallest absolute Gasteiger partial charge is 0.0512 e. The van der Waals surface area contributed by atoms with Gasteiger partial charge in [-0.25, -0.2) is 0 Å². The largest absolute Gasteiger partial charge is 0.393 e. The van der Waals surface area contributed by atoms with Crippen molar-refractivity contribution >= 4 is 0 Å². The van der Waals surface area contributed by atoms with Crippen LogP contribution in [0.4, 0.5) is 0 Å². The fraction of sp³-hybridized carbons (Fsp3) is 0.846. The number of allylic oxidation sites excluding steroid dienone is 2. The standard InChI is InChI=1S/C13H24O/c1-10-5-7-13(4,11(2)9-10)8-6-12(3)14/h9,11-12,14H,5-8H2,1-4H3/t11-,12-,13+/m1/s1. The minimum atomic E-state index is -0.147. The van der Waals surface area contributed by atoms with Gasteiger partial charge in [0.05, 0.1) is 6.10 Å². The fourth-order valence-corrected chi connectivity index (χ4v) is 2.31. The summed E-state index contributed by atoms with van der Waals surface area (Å²) in [6, 6.07) is 0. The molecule has 0 aliphatic heterocycles. The molecule has 0 amide bonds. The zero-order chi connectivity index (χ0) is 10.8. The number of aliphatic hydroxyl groups excluding tert-OH is 1. The molecule has 1 aliphatic carbocycles. The molecule has 0 aromatic rings. The van der Waals surface area contributed by atoms with Crippen LogP contribution in [0.5, 0.6) is 0 Å². The number of hydrogen-bond donors (Lipinski definition) is 1. The molecule has 1 nitrogen and oxygen atoms in total. The van der Waals surface area contributed by atoms with Gasteiger partial charge in [-0.05, 0) is 50.9 Å². The van der Waals surface area contributed by atoms with Crippen LogP contribution in [0.15, 0.2) is 11.6 Å². The van der Waals surface area contributed by atoms with Crippen molar-refractivity contribution in [1.82, 2.24) is 0 Å². The summed E-state index contributed by atoms with van der Waals surface area (Å²) in [5.74, 6) is 0.662. The van der Waals surface area contributed by atoms with E-state index < -0.39 is 0 Å². The summed E-state index contributed by atoms with van der Waals surface area (Å²) in [4.78, 5) is 0. The summed E-state index contributed by atoms with van der Waals surface area (Å²) in [6.07, 6.45) is 6.87. The molecule has 1 aliphatic rings. The summed E-state index contributed by atoms with van der Waals surface area (Å²) >= 11 is 0. The molecule has 0 aromatic carbocycles. The minimum Gasteiger partial charge on any atom is -0.393 e. The Morgan fingerprint density at radius 3 is 2.79 bits per heavy atom. The van der Waals surface area contributed by atoms with Crippen molar-refractivity contribution in [2.75, 3.05) is 0 Å². The second-order valence-electron chi connectivity index (χ2n) is 5.34. The summed E-state index contributed by atoms with van der Waals surface area (Å²) < 4.78 is 0. The van der Waals surface area contributed by atoms with E-state index in [1.807, 2.05) is 6.92 Å². The molecule has 1 heteroatoms. The first-order valence-corrected chi connectivity index (χ1v) is 5.79. The van der Waals surface area contributed by atoms with E-state index in [0.29, 0.717) is 11.3 Å². The van der Waals surface area contributed by atoms with E-state index in [0.717, 1.165) is 12.8 Å². The van der Waals surface area contributed by atoms with Crippen molar-refractivity contribution in [3.8, 4) is 0 Å². The van der Waals surface area contributed by atoms with Gasteiger partial charge >= 0.3 is 0 Å². The van der Waals surface area contributed by atoms with Crippen LogP contribution in [0.3, 0.4) is 0 Å². The highest BCUT2D eigenvalue weighted by atomic mass is 16.3. The number of aliphatic hydroxyl groups is 1. The van der Waals surface area contributed by atoms with Crippen LogP contribution in [0, 0.1) is 11.3 Å². The van der Waals surface area contributed by atoms with E-state index in [4.69, 9.17) is 0 Å². The molecule has 0 fully saturated rings. The third kappa shape index (κ3) is 2.84. The Labute approximate surface area is 88.2 Å². The maximum absolute atomic E-state index is 9.32. The highest BCUT2D eigenvalue weighted by Gasteiger charge is 2.32. The van der Waals surface area contributed by atoms with Crippen molar-refractivity contribution in [2.45, 2.75) is 59.5 Å². The van der Waals surface area contributed by atoms with Crippen LogP contribution in [-0.4, -0.2) is 11.2 Å². The lowest BCUT2D eigenvalue weighted by Crippen LogP contribution is -2.28. The quantitative estimate of drug-likeness (QED) is 0.685. The maximum Gasteiger partial charge on any atom is 0.0512 e. The molecule has 1 N–H and O–H groups in total. The monoisotopic (exact) mass is 196 g/mol. The van der Waals surface area contributed by atoms with E-state index in [2.05, 4.69) is 26.8 Å². The van der Waals surface area contributed by atoms with Crippen LogP contribution in [0.2, 0.25) is 0 Å². The van der Waals surface area contributed by atoms with Crippen LogP contribution < -0.4 is 0 Å². The highest BCUT2D eigenvalue weighted by molar-refractivity contribution is 5.09. The highest BCUT2D eigenvalue weighted by Crippen LogP contribution is 2.43. The molecule has 0 aromatic heterocycles.